The minimum Gasteiger partial charge on any atom is -0.325 e. The Labute approximate surface area is 202 Å². The number of carbonyl (C=O) groups excluding carboxylic acids is 1. The van der Waals surface area contributed by atoms with Gasteiger partial charge in [0.25, 0.3) is 0 Å². The first-order valence-corrected chi connectivity index (χ1v) is 11.7. The van der Waals surface area contributed by atoms with Crippen LogP contribution in [0.4, 0.5) is 5.69 Å². The van der Waals surface area contributed by atoms with Gasteiger partial charge in [-0.15, -0.1) is 0 Å². The molecule has 0 fully saturated rings. The van der Waals surface area contributed by atoms with Crippen molar-refractivity contribution in [1.29, 1.82) is 5.26 Å². The van der Waals surface area contributed by atoms with Crippen molar-refractivity contribution in [1.82, 2.24) is 4.98 Å². The molecule has 0 spiro atoms. The van der Waals surface area contributed by atoms with Crippen LogP contribution in [0.15, 0.2) is 90.0 Å². The maximum atomic E-state index is 12.5. The lowest BCUT2D eigenvalue weighted by Gasteiger charge is -2.13. The third-order valence-electron chi connectivity index (χ3n) is 5.00. The average molecular weight is 470 g/mol. The number of benzene rings is 3. The number of nitriles is 1. The van der Waals surface area contributed by atoms with Gasteiger partial charge in [0.1, 0.15) is 11.1 Å². The van der Waals surface area contributed by atoms with E-state index in [2.05, 4.69) is 11.4 Å². The molecular weight excluding hydrogens is 450 g/mol. The smallest absolute Gasteiger partial charge is 0.234 e. The van der Waals surface area contributed by atoms with Gasteiger partial charge in [0.2, 0.25) is 5.91 Å². The average Bonchev–Trinajstić information content (AvgIpc) is 2.84. The second-order valence-corrected chi connectivity index (χ2v) is 8.82. The summed E-state index contributed by atoms with van der Waals surface area (Å²) in [7, 11) is 0. The van der Waals surface area contributed by atoms with Gasteiger partial charge >= 0.3 is 0 Å². The highest BCUT2D eigenvalue weighted by molar-refractivity contribution is 8.00. The number of amides is 1. The second kappa shape index (κ2) is 10.4. The van der Waals surface area contributed by atoms with Gasteiger partial charge < -0.3 is 5.32 Å². The molecule has 3 aromatic carbocycles. The highest BCUT2D eigenvalue weighted by Crippen LogP contribution is 2.34. The van der Waals surface area contributed by atoms with Crippen LogP contribution in [-0.2, 0) is 4.79 Å². The predicted octanol–water partition coefficient (Wildman–Crippen LogP) is 6.98. The molecule has 1 amide bonds. The van der Waals surface area contributed by atoms with Gasteiger partial charge in [-0.1, -0.05) is 83.5 Å². The van der Waals surface area contributed by atoms with Gasteiger partial charge in [0.05, 0.1) is 17.0 Å². The zero-order valence-electron chi connectivity index (χ0n) is 17.9. The van der Waals surface area contributed by atoms with Crippen LogP contribution in [0.1, 0.15) is 11.1 Å². The Balaban J connectivity index is 1.71. The number of halogens is 1. The number of nitrogens with zero attached hydrogens (tertiary/aromatic N) is 2. The molecule has 0 saturated heterocycles. The SMILES string of the molecule is Cc1ccc(-c2cc(-c3ccc(Cl)cc3)nc(SCC(=O)Nc3ccccc3)c2C#N)cc1. The Morgan fingerprint density at radius 1 is 1.00 bits per heavy atom. The zero-order valence-corrected chi connectivity index (χ0v) is 19.5. The lowest BCUT2D eigenvalue weighted by atomic mass is 9.98. The number of carbonyl (C=O) groups is 1. The van der Waals surface area contributed by atoms with Crippen molar-refractivity contribution >= 4 is 35.0 Å². The summed E-state index contributed by atoms with van der Waals surface area (Å²) in [5.41, 5.74) is 5.62. The van der Waals surface area contributed by atoms with Gasteiger partial charge in [0, 0.05) is 21.8 Å². The number of nitrogens with one attached hydrogen (secondary N) is 1. The molecular formula is C27H20ClN3OS. The Kier molecular flexibility index (Phi) is 7.09. The van der Waals surface area contributed by atoms with E-state index in [1.54, 1.807) is 0 Å². The van der Waals surface area contributed by atoms with E-state index in [0.29, 0.717) is 21.3 Å². The van der Waals surface area contributed by atoms with E-state index in [9.17, 15) is 10.1 Å². The normalized spacial score (nSPS) is 10.5. The van der Waals surface area contributed by atoms with E-state index >= 15 is 0 Å². The predicted molar refractivity (Wildman–Crippen MR) is 135 cm³/mol. The van der Waals surface area contributed by atoms with Crippen molar-refractivity contribution in [3.8, 4) is 28.5 Å². The number of rotatable bonds is 6. The summed E-state index contributed by atoms with van der Waals surface area (Å²) in [6, 6.07) is 28.9. The van der Waals surface area contributed by atoms with E-state index < -0.39 is 0 Å². The van der Waals surface area contributed by atoms with Crippen LogP contribution in [0.2, 0.25) is 5.02 Å². The van der Waals surface area contributed by atoms with Gasteiger partial charge in [-0.25, -0.2) is 4.98 Å². The second-order valence-electron chi connectivity index (χ2n) is 7.42. The third kappa shape index (κ3) is 5.61. The summed E-state index contributed by atoms with van der Waals surface area (Å²) in [5, 5.41) is 14.0. The van der Waals surface area contributed by atoms with Gasteiger partial charge in [-0.05, 0) is 42.8 Å². The summed E-state index contributed by atoms with van der Waals surface area (Å²) >= 11 is 7.31. The fourth-order valence-corrected chi connectivity index (χ4v) is 4.24. The number of para-hydroxylation sites is 1. The summed E-state index contributed by atoms with van der Waals surface area (Å²) in [4.78, 5) is 17.3. The highest BCUT2D eigenvalue weighted by atomic mass is 35.5. The molecule has 0 bridgehead atoms. The van der Waals surface area contributed by atoms with Crippen molar-refractivity contribution < 1.29 is 4.79 Å². The molecule has 0 atom stereocenters. The summed E-state index contributed by atoms with van der Waals surface area (Å²) < 4.78 is 0. The van der Waals surface area contributed by atoms with Crippen LogP contribution in [0.25, 0.3) is 22.4 Å². The molecule has 4 aromatic rings. The van der Waals surface area contributed by atoms with Crippen molar-refractivity contribution in [3.05, 3.63) is 101 Å². The van der Waals surface area contributed by atoms with Crippen molar-refractivity contribution in [2.75, 3.05) is 11.1 Å². The van der Waals surface area contributed by atoms with Crippen molar-refractivity contribution in [2.45, 2.75) is 11.9 Å². The Hall–Kier alpha value is -3.59. The third-order valence-corrected chi connectivity index (χ3v) is 6.23. The van der Waals surface area contributed by atoms with Crippen molar-refractivity contribution in [2.24, 2.45) is 0 Å². The zero-order chi connectivity index (χ0) is 23.2. The Morgan fingerprint density at radius 2 is 1.67 bits per heavy atom. The number of thioether (sulfide) groups is 1. The standard InChI is InChI=1S/C27H20ClN3OS/c1-18-7-9-19(10-8-18)23-15-25(20-11-13-21(28)14-12-20)31-27(24(23)16-29)33-17-26(32)30-22-5-3-2-4-6-22/h2-15H,17H2,1H3,(H,30,32). The van der Waals surface area contributed by atoms with Gasteiger partial charge in [0.15, 0.2) is 0 Å². The van der Waals surface area contributed by atoms with E-state index in [0.717, 1.165) is 27.9 Å². The number of pyridine rings is 1. The lowest BCUT2D eigenvalue weighted by molar-refractivity contribution is -0.113. The summed E-state index contributed by atoms with van der Waals surface area (Å²) in [5.74, 6) is -0.0285. The summed E-state index contributed by atoms with van der Waals surface area (Å²) in [6.45, 7) is 2.02. The first-order valence-electron chi connectivity index (χ1n) is 10.3. The Bertz CT molecular complexity index is 1310. The van der Waals surface area contributed by atoms with E-state index in [4.69, 9.17) is 16.6 Å². The number of aromatic nitrogens is 1. The fraction of sp³-hybridized carbons (Fsp3) is 0.0741. The molecule has 4 nitrogen and oxygen atoms in total. The molecule has 1 heterocycles. The van der Waals surface area contributed by atoms with Crippen LogP contribution in [0, 0.1) is 18.3 Å². The number of hydrogen-bond acceptors (Lipinski definition) is 4. The lowest BCUT2D eigenvalue weighted by Crippen LogP contribution is -2.14. The van der Waals surface area contributed by atoms with Crippen LogP contribution in [0.5, 0.6) is 0 Å². The molecule has 1 N–H and O–H groups in total. The molecule has 0 aliphatic heterocycles. The number of hydrogen-bond donors (Lipinski definition) is 1. The molecule has 6 heteroatoms. The minimum atomic E-state index is -0.161. The highest BCUT2D eigenvalue weighted by Gasteiger charge is 2.17. The molecule has 0 unspecified atom stereocenters. The Morgan fingerprint density at radius 3 is 2.33 bits per heavy atom. The van der Waals surface area contributed by atoms with Crippen LogP contribution >= 0.6 is 23.4 Å². The largest absolute Gasteiger partial charge is 0.325 e. The molecule has 0 aliphatic carbocycles. The fourth-order valence-electron chi connectivity index (χ4n) is 3.32. The van der Waals surface area contributed by atoms with Crippen LogP contribution < -0.4 is 5.32 Å². The van der Waals surface area contributed by atoms with Crippen molar-refractivity contribution in [3.63, 3.8) is 0 Å². The molecule has 0 radical (unpaired) electrons. The van der Waals surface area contributed by atoms with Crippen LogP contribution in [-0.4, -0.2) is 16.6 Å². The number of aryl methyl sites for hydroxylation is 1. The molecule has 4 rings (SSSR count). The van der Waals surface area contributed by atoms with E-state index in [-0.39, 0.29) is 11.7 Å². The monoisotopic (exact) mass is 469 g/mol. The quantitative estimate of drug-likeness (QED) is 0.309. The first-order chi connectivity index (χ1) is 16.0. The summed E-state index contributed by atoms with van der Waals surface area (Å²) in [6.07, 6.45) is 0. The van der Waals surface area contributed by atoms with Gasteiger partial charge in [-0.3, -0.25) is 4.79 Å². The molecule has 33 heavy (non-hydrogen) atoms. The van der Waals surface area contributed by atoms with Crippen LogP contribution in [0.3, 0.4) is 0 Å². The minimum absolute atomic E-state index is 0.133. The molecule has 162 valence electrons. The molecule has 0 saturated carbocycles. The van der Waals surface area contributed by atoms with E-state index in [1.165, 1.54) is 11.8 Å². The molecule has 0 aliphatic rings. The van der Waals surface area contributed by atoms with Gasteiger partial charge in [-0.2, -0.15) is 5.26 Å². The number of anilines is 1. The van der Waals surface area contributed by atoms with E-state index in [1.807, 2.05) is 91.9 Å². The first kappa shape index (κ1) is 22.6. The maximum absolute atomic E-state index is 12.5. The maximum Gasteiger partial charge on any atom is 0.234 e. The topological polar surface area (TPSA) is 65.8 Å². The molecule has 1 aromatic heterocycles.